The summed E-state index contributed by atoms with van der Waals surface area (Å²) in [5, 5.41) is 11.7. The van der Waals surface area contributed by atoms with Gasteiger partial charge in [-0.1, -0.05) is 18.8 Å². The van der Waals surface area contributed by atoms with Gasteiger partial charge in [-0.2, -0.15) is 0 Å². The van der Waals surface area contributed by atoms with Crippen molar-refractivity contribution in [2.45, 2.75) is 26.2 Å². The molecule has 0 aromatic carbocycles. The van der Waals surface area contributed by atoms with E-state index in [0.29, 0.717) is 17.8 Å². The topological polar surface area (TPSA) is 58.6 Å². The largest absolute Gasteiger partial charge is 0.395 e. The fourth-order valence-corrected chi connectivity index (χ4v) is 2.95. The number of carbonyl (C=O) groups excluding carboxylic acids is 1. The maximum absolute atomic E-state index is 12.2. The third kappa shape index (κ3) is 4.85. The quantitative estimate of drug-likeness (QED) is 0.837. The molecule has 1 aromatic rings. The Labute approximate surface area is 129 Å². The van der Waals surface area contributed by atoms with Crippen molar-refractivity contribution in [3.63, 3.8) is 0 Å². The Morgan fingerprint density at radius 1 is 1.48 bits per heavy atom. The summed E-state index contributed by atoms with van der Waals surface area (Å²) >= 11 is 1.38. The molecule has 0 saturated carbocycles. The predicted octanol–water partition coefficient (Wildman–Crippen LogP) is 2.03. The van der Waals surface area contributed by atoms with Crippen molar-refractivity contribution in [2.24, 2.45) is 5.41 Å². The molecule has 0 unspecified atom stereocenters. The van der Waals surface area contributed by atoms with Crippen LogP contribution in [0, 0.1) is 17.3 Å². The molecule has 1 aliphatic heterocycles. The normalized spacial score (nSPS) is 16.9. The molecule has 2 rings (SSSR count). The van der Waals surface area contributed by atoms with Crippen LogP contribution in [0.4, 0.5) is 0 Å². The smallest absolute Gasteiger partial charge is 0.261 e. The van der Waals surface area contributed by atoms with Crippen molar-refractivity contribution in [1.29, 1.82) is 0 Å². The molecule has 0 radical (unpaired) electrons. The second-order valence-corrected chi connectivity index (χ2v) is 6.63. The van der Waals surface area contributed by atoms with Crippen molar-refractivity contribution in [1.82, 2.24) is 5.32 Å². The van der Waals surface area contributed by atoms with Gasteiger partial charge in [-0.3, -0.25) is 4.79 Å². The highest BCUT2D eigenvalue weighted by Gasteiger charge is 2.27. The maximum Gasteiger partial charge on any atom is 0.261 e. The SMILES string of the molecule is CC1(CNC(=O)c2ccc(C#CCCO)s2)CCOCC1. The van der Waals surface area contributed by atoms with E-state index in [9.17, 15) is 4.79 Å². The molecule has 1 fully saturated rings. The number of hydrogen-bond donors (Lipinski definition) is 2. The second-order valence-electron chi connectivity index (χ2n) is 5.54. The zero-order chi connectivity index (χ0) is 15.1. The van der Waals surface area contributed by atoms with Gasteiger partial charge in [-0.25, -0.2) is 0 Å². The molecule has 21 heavy (non-hydrogen) atoms. The first kappa shape index (κ1) is 16.0. The number of aliphatic hydroxyl groups is 1. The molecule has 0 bridgehead atoms. The molecular weight excluding hydrogens is 286 g/mol. The van der Waals surface area contributed by atoms with E-state index in [-0.39, 0.29) is 17.9 Å². The van der Waals surface area contributed by atoms with Crippen molar-refractivity contribution in [2.75, 3.05) is 26.4 Å². The summed E-state index contributed by atoms with van der Waals surface area (Å²) in [7, 11) is 0. The highest BCUT2D eigenvalue weighted by atomic mass is 32.1. The van der Waals surface area contributed by atoms with Crippen LogP contribution in [0.3, 0.4) is 0 Å². The number of amides is 1. The van der Waals surface area contributed by atoms with Crippen molar-refractivity contribution in [3.05, 3.63) is 21.9 Å². The van der Waals surface area contributed by atoms with Crippen LogP contribution in [0.25, 0.3) is 0 Å². The van der Waals surface area contributed by atoms with Gasteiger partial charge in [0.25, 0.3) is 5.91 Å². The van der Waals surface area contributed by atoms with Crippen LogP contribution >= 0.6 is 11.3 Å². The lowest BCUT2D eigenvalue weighted by molar-refractivity contribution is 0.0239. The van der Waals surface area contributed by atoms with E-state index in [2.05, 4.69) is 24.1 Å². The molecule has 0 aliphatic carbocycles. The van der Waals surface area contributed by atoms with Crippen molar-refractivity contribution < 1.29 is 14.6 Å². The first-order valence-corrected chi connectivity index (χ1v) is 8.00. The van der Waals surface area contributed by atoms with Crippen molar-refractivity contribution in [3.8, 4) is 11.8 Å². The van der Waals surface area contributed by atoms with Gasteiger partial charge in [0.05, 0.1) is 16.4 Å². The monoisotopic (exact) mass is 307 g/mol. The minimum Gasteiger partial charge on any atom is -0.395 e. The molecule has 1 amide bonds. The lowest BCUT2D eigenvalue weighted by Crippen LogP contribution is -2.39. The fraction of sp³-hybridized carbons (Fsp3) is 0.562. The second kappa shape index (κ2) is 7.60. The number of rotatable bonds is 4. The van der Waals surface area contributed by atoms with Crippen LogP contribution in [0.2, 0.25) is 0 Å². The first-order chi connectivity index (χ1) is 10.1. The number of aliphatic hydroxyl groups excluding tert-OH is 1. The molecule has 1 saturated heterocycles. The van der Waals surface area contributed by atoms with Crippen LogP contribution in [0.1, 0.15) is 40.7 Å². The van der Waals surface area contributed by atoms with E-state index in [1.165, 1.54) is 11.3 Å². The Bertz CT molecular complexity index is 535. The van der Waals surface area contributed by atoms with Crippen LogP contribution < -0.4 is 5.32 Å². The number of carbonyl (C=O) groups is 1. The average Bonchev–Trinajstić information content (AvgIpc) is 2.95. The number of thiophene rings is 1. The van der Waals surface area contributed by atoms with Crippen molar-refractivity contribution >= 4 is 17.2 Å². The minimum absolute atomic E-state index is 0.0390. The summed E-state index contributed by atoms with van der Waals surface area (Å²) in [5.41, 5.74) is 0.134. The Kier molecular flexibility index (Phi) is 5.80. The number of ether oxygens (including phenoxy) is 1. The Hall–Kier alpha value is -1.35. The van der Waals surface area contributed by atoms with Gasteiger partial charge in [-0.05, 0) is 30.4 Å². The van der Waals surface area contributed by atoms with E-state index in [1.54, 1.807) is 6.07 Å². The lowest BCUT2D eigenvalue weighted by Gasteiger charge is -2.33. The molecule has 1 aliphatic rings. The van der Waals surface area contributed by atoms with Crippen LogP contribution in [-0.2, 0) is 4.74 Å². The van der Waals surface area contributed by atoms with Gasteiger partial charge >= 0.3 is 0 Å². The summed E-state index contributed by atoms with van der Waals surface area (Å²) in [6.45, 7) is 4.48. The summed E-state index contributed by atoms with van der Waals surface area (Å²) in [4.78, 5) is 13.7. The molecule has 1 aromatic heterocycles. The molecule has 4 nitrogen and oxygen atoms in total. The molecule has 2 N–H and O–H groups in total. The summed E-state index contributed by atoms with van der Waals surface area (Å²) in [6.07, 6.45) is 2.42. The summed E-state index contributed by atoms with van der Waals surface area (Å²) < 4.78 is 5.36. The van der Waals surface area contributed by atoms with Crippen LogP contribution in [-0.4, -0.2) is 37.4 Å². The third-order valence-corrected chi connectivity index (χ3v) is 4.65. The Balaban J connectivity index is 1.87. The van der Waals surface area contributed by atoms with E-state index >= 15 is 0 Å². The lowest BCUT2D eigenvalue weighted by atomic mass is 9.82. The summed E-state index contributed by atoms with van der Waals surface area (Å²) in [6, 6.07) is 3.65. The Morgan fingerprint density at radius 3 is 2.95 bits per heavy atom. The van der Waals surface area contributed by atoms with E-state index in [4.69, 9.17) is 9.84 Å². The predicted molar refractivity (Wildman–Crippen MR) is 83.4 cm³/mol. The van der Waals surface area contributed by atoms with Gasteiger partial charge in [-0.15, -0.1) is 11.3 Å². The molecule has 2 heterocycles. The van der Waals surface area contributed by atoms with Crippen LogP contribution in [0.15, 0.2) is 12.1 Å². The van der Waals surface area contributed by atoms with Gasteiger partial charge in [0, 0.05) is 26.2 Å². The molecule has 0 atom stereocenters. The zero-order valence-electron chi connectivity index (χ0n) is 12.3. The highest BCUT2D eigenvalue weighted by molar-refractivity contribution is 7.14. The number of nitrogens with one attached hydrogen (secondary N) is 1. The minimum atomic E-state index is -0.0390. The third-order valence-electron chi connectivity index (χ3n) is 3.65. The highest BCUT2D eigenvalue weighted by Crippen LogP contribution is 2.28. The van der Waals surface area contributed by atoms with Crippen LogP contribution in [0.5, 0.6) is 0 Å². The van der Waals surface area contributed by atoms with Gasteiger partial charge in [0.2, 0.25) is 0 Å². The average molecular weight is 307 g/mol. The molecular formula is C16H21NO3S. The number of hydrogen-bond acceptors (Lipinski definition) is 4. The fourth-order valence-electron chi connectivity index (χ4n) is 2.15. The molecule has 5 heteroatoms. The molecule has 114 valence electrons. The first-order valence-electron chi connectivity index (χ1n) is 7.18. The van der Waals surface area contributed by atoms with E-state index < -0.39 is 0 Å². The van der Waals surface area contributed by atoms with E-state index in [1.807, 2.05) is 6.07 Å². The Morgan fingerprint density at radius 2 is 2.24 bits per heavy atom. The molecule has 0 spiro atoms. The summed E-state index contributed by atoms with van der Waals surface area (Å²) in [5.74, 6) is 5.76. The zero-order valence-corrected chi connectivity index (χ0v) is 13.1. The maximum atomic E-state index is 12.2. The van der Waals surface area contributed by atoms with Gasteiger partial charge in [0.1, 0.15) is 0 Å². The van der Waals surface area contributed by atoms with E-state index in [0.717, 1.165) is 30.9 Å². The van der Waals surface area contributed by atoms with Gasteiger partial charge < -0.3 is 15.2 Å². The van der Waals surface area contributed by atoms with Gasteiger partial charge in [0.15, 0.2) is 0 Å². The standard InChI is InChI=1S/C16H21NO3S/c1-16(7-10-20-11-8-16)12-17-15(19)14-6-5-13(21-14)4-2-3-9-18/h5-6,18H,3,7-12H2,1H3,(H,17,19).